The topological polar surface area (TPSA) is 321 Å². The maximum absolute atomic E-state index is 13.6. The van der Waals surface area contributed by atoms with Crippen LogP contribution in [0.2, 0.25) is 20.1 Å². The summed E-state index contributed by atoms with van der Waals surface area (Å²) in [5, 5.41) is 25.7. The van der Waals surface area contributed by atoms with E-state index in [-0.39, 0.29) is 28.3 Å². The van der Waals surface area contributed by atoms with Crippen LogP contribution in [-0.2, 0) is 26.2 Å². The zero-order valence-electron chi connectivity index (χ0n) is 80.7. The van der Waals surface area contributed by atoms with E-state index >= 15 is 0 Å². The van der Waals surface area contributed by atoms with Crippen LogP contribution in [0.3, 0.4) is 0 Å². The Morgan fingerprint density at radius 3 is 1.07 bits per heavy atom. The fourth-order valence-electron chi connectivity index (χ4n) is 19.2. The monoisotopic (exact) mass is 1950 g/mol. The third-order valence-electron chi connectivity index (χ3n) is 26.4. The number of benzene rings is 4. The average molecular weight is 1960 g/mol. The summed E-state index contributed by atoms with van der Waals surface area (Å²) in [6.45, 7) is 24.8. The minimum absolute atomic E-state index is 0.114. The van der Waals surface area contributed by atoms with E-state index < -0.39 is 0 Å². The largest absolute Gasteiger partial charge is 0.351 e. The Hall–Kier alpha value is -13.2. The van der Waals surface area contributed by atoms with Crippen LogP contribution in [0.1, 0.15) is 108 Å². The summed E-state index contributed by atoms with van der Waals surface area (Å²) >= 11 is 26.8. The van der Waals surface area contributed by atoms with Crippen molar-refractivity contribution in [1.29, 1.82) is 0 Å². The second-order valence-electron chi connectivity index (χ2n) is 36.7. The number of halogens is 4. The minimum Gasteiger partial charge on any atom is -0.351 e. The number of fused-ring (bicyclic) bond motifs is 4. The van der Waals surface area contributed by atoms with Gasteiger partial charge in [0.15, 0.2) is 0 Å². The Balaban J connectivity index is 0.000000129. The zero-order chi connectivity index (χ0) is 97.9. The van der Waals surface area contributed by atoms with Gasteiger partial charge in [0.1, 0.15) is 22.6 Å². The molecule has 20 rings (SSSR count). The van der Waals surface area contributed by atoms with E-state index in [0.717, 1.165) is 186 Å². The molecule has 0 spiro atoms. The molecule has 0 radical (unpaired) electrons. The average Bonchev–Trinajstić information content (AvgIpc) is 0.777. The highest BCUT2D eigenvalue weighted by Gasteiger charge is 2.28. The number of rotatable bonds is 22. The maximum atomic E-state index is 13.6. The molecule has 140 heavy (non-hydrogen) atoms. The Bertz CT molecular complexity index is 7520. The Kier molecular flexibility index (Phi) is 31.3. The quantitative estimate of drug-likeness (QED) is 0.0367. The molecule has 4 fully saturated rings. The van der Waals surface area contributed by atoms with E-state index in [1.54, 1.807) is 61.6 Å². The fraction of sp³-hybridized carbons (Fsp3) is 0.333. The number of aromatic nitrogens is 16. The third-order valence-corrected chi connectivity index (χ3v) is 27.7. The van der Waals surface area contributed by atoms with Gasteiger partial charge in [0, 0.05) is 234 Å². The highest BCUT2D eigenvalue weighted by molar-refractivity contribution is 6.35. The SMILES string of the molecule is CCn1c(=O)c(-c2ccc(-c3cccc(C)n3)cc2Cl)cc2cnc(NC3CCC(CN(C)C)CC3)nc21.CCn1c(=O)c(-c2ccc(-c3ncccc3C)cc2Cl)cc2cnc(NC3CCCN(C)C3)nc21.CCn1c(=O)c(-c2ccc(-c3ncccc3C)cc2Cl)cc2cnc(NC3CCCNC3)nc21.CCn1c(=O)c(-c2ccc(-c3ncccc3C)cc2Cl)cc2cnc(NC3CCNC3)nc21. The van der Waals surface area contributed by atoms with Gasteiger partial charge in [-0.05, 0) is 255 Å². The number of likely N-dealkylation sites (N-methyl/N-ethyl adjacent to an activating group) is 1. The molecule has 28 nitrogen and oxygen atoms in total. The lowest BCUT2D eigenvalue weighted by Crippen LogP contribution is -2.40. The molecule has 720 valence electrons. The van der Waals surface area contributed by atoms with Crippen molar-refractivity contribution in [3.05, 3.63) is 279 Å². The molecule has 1 saturated carbocycles. The first-order valence-corrected chi connectivity index (χ1v) is 49.7. The Morgan fingerprint density at radius 2 is 0.729 bits per heavy atom. The van der Waals surface area contributed by atoms with Crippen molar-refractivity contribution in [3.8, 4) is 89.5 Å². The summed E-state index contributed by atoms with van der Waals surface area (Å²) in [4.78, 5) is 114. The molecule has 15 heterocycles. The van der Waals surface area contributed by atoms with Gasteiger partial charge in [0.2, 0.25) is 23.8 Å². The predicted molar refractivity (Wildman–Crippen MR) is 568 cm³/mol. The molecule has 32 heteroatoms. The van der Waals surface area contributed by atoms with E-state index in [1.165, 1.54) is 12.8 Å². The first kappa shape index (κ1) is 98.4. The number of nitrogens with one attached hydrogen (secondary N) is 6. The molecule has 16 aromatic rings. The Labute approximate surface area is 833 Å². The summed E-state index contributed by atoms with van der Waals surface area (Å²) in [6, 6.07) is 49.1. The molecular weight excluding hydrogens is 1840 g/mol. The summed E-state index contributed by atoms with van der Waals surface area (Å²) < 4.78 is 6.76. The van der Waals surface area contributed by atoms with E-state index in [0.29, 0.717) is 155 Å². The van der Waals surface area contributed by atoms with Crippen molar-refractivity contribution in [2.75, 3.05) is 88.2 Å². The van der Waals surface area contributed by atoms with Crippen LogP contribution in [0, 0.1) is 33.6 Å². The van der Waals surface area contributed by atoms with E-state index in [4.69, 9.17) is 61.4 Å². The van der Waals surface area contributed by atoms with E-state index in [9.17, 15) is 19.2 Å². The molecule has 12 aromatic heterocycles. The van der Waals surface area contributed by atoms with Crippen LogP contribution in [0.4, 0.5) is 23.8 Å². The number of pyridine rings is 8. The van der Waals surface area contributed by atoms with Crippen LogP contribution in [0.5, 0.6) is 0 Å². The van der Waals surface area contributed by atoms with Gasteiger partial charge in [0.25, 0.3) is 22.2 Å². The van der Waals surface area contributed by atoms with Gasteiger partial charge in [-0.2, -0.15) is 19.9 Å². The molecule has 3 saturated heterocycles. The van der Waals surface area contributed by atoms with Gasteiger partial charge in [-0.1, -0.05) is 119 Å². The van der Waals surface area contributed by atoms with Crippen LogP contribution in [0.15, 0.2) is 214 Å². The second-order valence-corrected chi connectivity index (χ2v) is 38.3. The lowest BCUT2D eigenvalue weighted by molar-refractivity contribution is 0.255. The minimum atomic E-state index is -0.124. The molecule has 0 bridgehead atoms. The smallest absolute Gasteiger partial charge is 0.260 e. The number of likely N-dealkylation sites (tertiary alicyclic amines) is 1. The highest BCUT2D eigenvalue weighted by atomic mass is 35.5. The number of aryl methyl sites for hydroxylation is 8. The molecule has 3 aliphatic heterocycles. The molecule has 4 aliphatic rings. The summed E-state index contributed by atoms with van der Waals surface area (Å²) in [6.07, 6.45) is 22.5. The predicted octanol–water partition coefficient (Wildman–Crippen LogP) is 20.0. The molecular formula is C108H116Cl4N24O4. The number of hydrogen-bond acceptors (Lipinski definition) is 24. The van der Waals surface area contributed by atoms with Gasteiger partial charge in [0.05, 0.1) is 22.8 Å². The fourth-order valence-corrected chi connectivity index (χ4v) is 20.4. The lowest BCUT2D eigenvalue weighted by Gasteiger charge is -2.30. The molecule has 0 amide bonds. The van der Waals surface area contributed by atoms with Crippen molar-refractivity contribution >= 4 is 114 Å². The van der Waals surface area contributed by atoms with Gasteiger partial charge in [-0.15, -0.1) is 0 Å². The van der Waals surface area contributed by atoms with Crippen molar-refractivity contribution in [1.82, 2.24) is 98.5 Å². The summed E-state index contributed by atoms with van der Waals surface area (Å²) in [7, 11) is 6.40. The van der Waals surface area contributed by atoms with Crippen molar-refractivity contribution in [2.45, 2.75) is 164 Å². The molecule has 3 unspecified atom stereocenters. The zero-order valence-corrected chi connectivity index (χ0v) is 83.7. The van der Waals surface area contributed by atoms with Crippen LogP contribution in [-0.4, -0.2) is 179 Å². The van der Waals surface area contributed by atoms with Crippen LogP contribution < -0.4 is 54.1 Å². The van der Waals surface area contributed by atoms with Crippen LogP contribution >= 0.6 is 46.4 Å². The first-order valence-electron chi connectivity index (χ1n) is 48.2. The lowest BCUT2D eigenvalue weighted by atomic mass is 9.86. The van der Waals surface area contributed by atoms with Crippen molar-refractivity contribution < 1.29 is 0 Å². The standard InChI is InChI=1S/C30H35ClN6O.C27H29ClN6O.C26H27ClN6O.C25H25ClN6O/c1-5-37-28-22(17-32-30(35-28)34-23-12-9-20(10-13-23)18-36(3)4)15-25(29(37)38)24-14-11-21(16-26(24)31)27-8-6-7-19(2)33-27;1-4-34-25-19(15-30-27(32-25)31-20-8-6-12-33(3)16-20)13-22(26(34)35)21-10-9-18(14-23(21)28)24-17(2)7-5-11-29-24;1-3-33-24-18(14-30-26(32-24)31-19-7-5-10-28-15-19)12-21(25(33)34)20-9-8-17(13-22(20)27)23-16(2)6-4-11-29-23;1-3-32-23-17(13-29-25(31-23)30-18-8-10-27-14-18)11-20(24(32)33)19-7-6-16(12-21(19)26)22-15(2)5-4-9-28-22/h6-8,11,14-17,20,23H,5,9-10,12-13,18H2,1-4H3,(H,32,34,35);5,7,9-11,13-15,20H,4,6,8,12,16H2,1-3H3,(H,30,31,32);4,6,8-9,11-14,19,28H,3,5,7,10,15H2,1-2H3,(H,30,31,32);4-7,9,11-13,18,27H,3,8,10,14H2,1-2H3,(H,29,30,31). The number of nitrogens with zero attached hydrogens (tertiary/aromatic N) is 18. The maximum Gasteiger partial charge on any atom is 0.260 e. The van der Waals surface area contributed by atoms with Crippen molar-refractivity contribution in [2.24, 2.45) is 5.92 Å². The van der Waals surface area contributed by atoms with E-state index in [1.807, 2.05) is 207 Å². The molecule has 3 atom stereocenters. The molecule has 6 N–H and O–H groups in total. The summed E-state index contributed by atoms with van der Waals surface area (Å²) in [5.41, 5.74) is 18.2. The van der Waals surface area contributed by atoms with Crippen LogP contribution in [0.25, 0.3) is 134 Å². The number of anilines is 4. The summed E-state index contributed by atoms with van der Waals surface area (Å²) in [5.74, 6) is 2.97. The first-order chi connectivity index (χ1) is 67.8. The van der Waals surface area contributed by atoms with Gasteiger partial charge in [-0.25, -0.2) is 19.9 Å². The second kappa shape index (κ2) is 44.5. The molecule has 1 aliphatic carbocycles. The highest BCUT2D eigenvalue weighted by Crippen LogP contribution is 2.39. The van der Waals surface area contributed by atoms with Gasteiger partial charge in [-0.3, -0.25) is 57.4 Å². The molecule has 4 aromatic carbocycles. The Morgan fingerprint density at radius 1 is 0.371 bits per heavy atom. The van der Waals surface area contributed by atoms with Gasteiger partial charge < -0.3 is 41.7 Å². The third kappa shape index (κ3) is 22.3. The normalized spacial score (nSPS) is 16.6. The number of hydrogen-bond donors (Lipinski definition) is 6. The van der Waals surface area contributed by atoms with E-state index in [2.05, 4.69) is 108 Å². The van der Waals surface area contributed by atoms with Gasteiger partial charge >= 0.3 is 0 Å². The van der Waals surface area contributed by atoms with Crippen molar-refractivity contribution in [3.63, 3.8) is 0 Å². The number of piperidine rings is 2.